The lowest BCUT2D eigenvalue weighted by Gasteiger charge is -2.33. The molecule has 0 spiro atoms. The first-order valence-electron chi connectivity index (χ1n) is 9.24. The van der Waals surface area contributed by atoms with Gasteiger partial charge < -0.3 is 9.64 Å². The molecule has 148 valence electrons. The summed E-state index contributed by atoms with van der Waals surface area (Å²) in [4.78, 5) is 27.0. The second-order valence-electron chi connectivity index (χ2n) is 6.71. The van der Waals surface area contributed by atoms with E-state index in [1.165, 1.54) is 30.3 Å². The third-order valence-electron chi connectivity index (χ3n) is 4.67. The van der Waals surface area contributed by atoms with Crippen LogP contribution in [0.25, 0.3) is 11.4 Å². The lowest BCUT2D eigenvalue weighted by Crippen LogP contribution is -2.44. The van der Waals surface area contributed by atoms with Crippen LogP contribution < -0.4 is 4.74 Å². The first-order valence-corrected chi connectivity index (χ1v) is 9.24. The molecule has 8 heteroatoms. The first kappa shape index (κ1) is 18.9. The normalized spacial score (nSPS) is 16.5. The minimum atomic E-state index is -0.466. The number of piperidine rings is 1. The van der Waals surface area contributed by atoms with Crippen molar-refractivity contribution < 1.29 is 18.3 Å². The maximum absolute atomic E-state index is 13.8. The van der Waals surface area contributed by atoms with E-state index in [9.17, 15) is 13.6 Å². The summed E-state index contributed by atoms with van der Waals surface area (Å²) in [5, 5.41) is 0. The Morgan fingerprint density at radius 3 is 2.62 bits per heavy atom. The molecule has 1 aliphatic rings. The molecule has 6 nitrogen and oxygen atoms in total. The highest BCUT2D eigenvalue weighted by Gasteiger charge is 2.28. The number of carbonyl (C=O) groups excluding carboxylic acids is 1. The molecule has 1 amide bonds. The van der Waals surface area contributed by atoms with Crippen molar-refractivity contribution >= 4 is 5.91 Å². The zero-order chi connectivity index (χ0) is 20.2. The molecule has 0 radical (unpaired) electrons. The number of pyridine rings is 1. The number of hydrogen-bond acceptors (Lipinski definition) is 5. The third-order valence-corrected chi connectivity index (χ3v) is 4.67. The summed E-state index contributed by atoms with van der Waals surface area (Å²) in [5.74, 6) is -0.551. The maximum Gasteiger partial charge on any atom is 0.254 e. The van der Waals surface area contributed by atoms with E-state index < -0.39 is 11.6 Å². The number of halogens is 2. The van der Waals surface area contributed by atoms with Crippen LogP contribution in [0.2, 0.25) is 0 Å². The van der Waals surface area contributed by atoms with Gasteiger partial charge in [-0.3, -0.25) is 4.79 Å². The highest BCUT2D eigenvalue weighted by atomic mass is 19.1. The van der Waals surface area contributed by atoms with E-state index in [0.29, 0.717) is 30.1 Å². The standard InChI is InChI=1S/C21H18F2N4O2/c22-14-4-6-17(18(11-14)20-24-8-2-9-25-20)21(28)27-10-1-3-16(13-27)29-19-7-5-15(23)12-26-19/h2,4-9,11-12,16H,1,3,10,13H2. The van der Waals surface area contributed by atoms with Crippen molar-refractivity contribution in [2.24, 2.45) is 0 Å². The Balaban J connectivity index is 1.54. The molecule has 1 aromatic carbocycles. The molecule has 1 atom stereocenters. The lowest BCUT2D eigenvalue weighted by atomic mass is 10.0. The zero-order valence-corrected chi connectivity index (χ0v) is 15.5. The summed E-state index contributed by atoms with van der Waals surface area (Å²) >= 11 is 0. The predicted molar refractivity (Wildman–Crippen MR) is 101 cm³/mol. The number of amides is 1. The number of carbonyl (C=O) groups is 1. The molecule has 0 bridgehead atoms. The minimum absolute atomic E-state index is 0.243. The van der Waals surface area contributed by atoms with Gasteiger partial charge in [-0.05, 0) is 43.2 Å². The SMILES string of the molecule is O=C(c1ccc(F)cc1-c1ncccn1)N1CCCC(Oc2ccc(F)cn2)C1. The van der Waals surface area contributed by atoms with E-state index in [1.54, 1.807) is 23.4 Å². The van der Waals surface area contributed by atoms with Gasteiger partial charge in [-0.2, -0.15) is 0 Å². The smallest absolute Gasteiger partial charge is 0.254 e. The van der Waals surface area contributed by atoms with Gasteiger partial charge in [0.1, 0.15) is 17.7 Å². The van der Waals surface area contributed by atoms with Gasteiger partial charge in [-0.1, -0.05) is 0 Å². The largest absolute Gasteiger partial charge is 0.472 e. The molecule has 3 aromatic rings. The average molecular weight is 396 g/mol. The summed E-state index contributed by atoms with van der Waals surface area (Å²) in [5.41, 5.74) is 0.678. The molecule has 2 aromatic heterocycles. The van der Waals surface area contributed by atoms with Crippen molar-refractivity contribution in [1.29, 1.82) is 0 Å². The molecule has 1 fully saturated rings. The molecule has 1 saturated heterocycles. The summed E-state index contributed by atoms with van der Waals surface area (Å²) in [6.07, 6.45) is 5.41. The van der Waals surface area contributed by atoms with Crippen molar-refractivity contribution in [1.82, 2.24) is 19.9 Å². The van der Waals surface area contributed by atoms with E-state index in [1.807, 2.05) is 0 Å². The van der Waals surface area contributed by atoms with Gasteiger partial charge in [0.15, 0.2) is 5.82 Å². The highest BCUT2D eigenvalue weighted by molar-refractivity contribution is 6.00. The summed E-state index contributed by atoms with van der Waals surface area (Å²) in [6, 6.07) is 8.36. The van der Waals surface area contributed by atoms with Crippen LogP contribution >= 0.6 is 0 Å². The van der Waals surface area contributed by atoms with E-state index in [-0.39, 0.29) is 17.8 Å². The quantitative estimate of drug-likeness (QED) is 0.675. The topological polar surface area (TPSA) is 68.2 Å². The Morgan fingerprint density at radius 1 is 1.07 bits per heavy atom. The second-order valence-corrected chi connectivity index (χ2v) is 6.71. The number of likely N-dealkylation sites (tertiary alicyclic amines) is 1. The lowest BCUT2D eigenvalue weighted by molar-refractivity contribution is 0.0528. The van der Waals surface area contributed by atoms with Crippen molar-refractivity contribution in [2.45, 2.75) is 18.9 Å². The number of hydrogen-bond donors (Lipinski definition) is 0. The Morgan fingerprint density at radius 2 is 1.86 bits per heavy atom. The van der Waals surface area contributed by atoms with Gasteiger partial charge in [0.25, 0.3) is 5.91 Å². The van der Waals surface area contributed by atoms with Crippen molar-refractivity contribution in [3.05, 3.63) is 72.2 Å². The molecular weight excluding hydrogens is 378 g/mol. The third kappa shape index (κ3) is 4.37. The molecule has 0 N–H and O–H groups in total. The summed E-state index contributed by atoms with van der Waals surface area (Å²) in [7, 11) is 0. The van der Waals surface area contributed by atoms with E-state index in [0.717, 1.165) is 19.0 Å². The van der Waals surface area contributed by atoms with Crippen LogP contribution in [-0.4, -0.2) is 45.0 Å². The van der Waals surface area contributed by atoms with Crippen molar-refractivity contribution in [3.63, 3.8) is 0 Å². The fourth-order valence-electron chi connectivity index (χ4n) is 3.32. The Labute approximate surface area is 166 Å². The summed E-state index contributed by atoms with van der Waals surface area (Å²) in [6.45, 7) is 0.909. The van der Waals surface area contributed by atoms with Gasteiger partial charge in [0.05, 0.1) is 18.3 Å². The molecule has 1 aliphatic heterocycles. The minimum Gasteiger partial charge on any atom is -0.472 e. The Hall–Kier alpha value is -3.42. The molecule has 4 rings (SSSR count). The number of aromatic nitrogens is 3. The van der Waals surface area contributed by atoms with Crippen LogP contribution in [0.3, 0.4) is 0 Å². The highest BCUT2D eigenvalue weighted by Crippen LogP contribution is 2.25. The van der Waals surface area contributed by atoms with E-state index >= 15 is 0 Å². The molecule has 3 heterocycles. The van der Waals surface area contributed by atoms with Crippen LogP contribution in [0.4, 0.5) is 8.78 Å². The molecular formula is C21H18F2N4O2. The van der Waals surface area contributed by atoms with Crippen LogP contribution in [0, 0.1) is 11.6 Å². The fraction of sp³-hybridized carbons (Fsp3) is 0.238. The Bertz CT molecular complexity index is 999. The van der Waals surface area contributed by atoms with Crippen molar-refractivity contribution in [3.8, 4) is 17.3 Å². The van der Waals surface area contributed by atoms with Gasteiger partial charge in [-0.15, -0.1) is 0 Å². The van der Waals surface area contributed by atoms with Crippen LogP contribution in [0.1, 0.15) is 23.2 Å². The van der Waals surface area contributed by atoms with Gasteiger partial charge >= 0.3 is 0 Å². The average Bonchev–Trinajstić information content (AvgIpc) is 2.76. The molecule has 0 aliphatic carbocycles. The van der Waals surface area contributed by atoms with Crippen LogP contribution in [0.5, 0.6) is 5.88 Å². The van der Waals surface area contributed by atoms with Gasteiger partial charge in [0.2, 0.25) is 5.88 Å². The first-order chi connectivity index (χ1) is 14.1. The van der Waals surface area contributed by atoms with Gasteiger partial charge in [0, 0.05) is 30.6 Å². The molecule has 1 unspecified atom stereocenters. The maximum atomic E-state index is 13.8. The number of ether oxygens (including phenoxy) is 1. The Kier molecular flexibility index (Phi) is 5.41. The summed E-state index contributed by atoms with van der Waals surface area (Å²) < 4.78 is 32.7. The zero-order valence-electron chi connectivity index (χ0n) is 15.5. The predicted octanol–water partition coefficient (Wildman–Crippen LogP) is 3.50. The van der Waals surface area contributed by atoms with E-state index in [2.05, 4.69) is 15.0 Å². The number of rotatable bonds is 4. The van der Waals surface area contributed by atoms with Gasteiger partial charge in [-0.25, -0.2) is 23.7 Å². The van der Waals surface area contributed by atoms with Crippen LogP contribution in [-0.2, 0) is 0 Å². The monoisotopic (exact) mass is 396 g/mol. The van der Waals surface area contributed by atoms with Crippen LogP contribution in [0.15, 0.2) is 55.0 Å². The second kappa shape index (κ2) is 8.30. The molecule has 29 heavy (non-hydrogen) atoms. The van der Waals surface area contributed by atoms with Crippen molar-refractivity contribution in [2.75, 3.05) is 13.1 Å². The number of nitrogens with zero attached hydrogens (tertiary/aromatic N) is 4. The molecule has 0 saturated carbocycles. The number of benzene rings is 1. The fourth-order valence-corrected chi connectivity index (χ4v) is 3.32. The van der Waals surface area contributed by atoms with E-state index in [4.69, 9.17) is 4.74 Å².